The molecular formula is C18H31N9O6. The van der Waals surface area contributed by atoms with Gasteiger partial charge >= 0.3 is 5.97 Å². The molecule has 0 aliphatic rings. The van der Waals surface area contributed by atoms with Gasteiger partial charge in [0.2, 0.25) is 17.7 Å². The molecule has 1 heterocycles. The molecule has 1 aromatic rings. The second-order valence-corrected chi connectivity index (χ2v) is 7.22. The maximum atomic E-state index is 12.9. The number of aliphatic hydroxyl groups is 1. The SMILES string of the molecule is CC(N)C(=O)NC(CCCN=C(N)N)C(=O)NC(Cc1cnc[nH]1)C(=O)NC(CO)C(=O)O. The first-order chi connectivity index (χ1) is 15.5. The van der Waals surface area contributed by atoms with Gasteiger partial charge in [-0.1, -0.05) is 0 Å². The Kier molecular flexibility index (Phi) is 11.3. The lowest BCUT2D eigenvalue weighted by Crippen LogP contribution is -2.57. The van der Waals surface area contributed by atoms with Crippen molar-refractivity contribution >= 4 is 29.7 Å². The number of nitrogens with one attached hydrogen (secondary N) is 4. The van der Waals surface area contributed by atoms with E-state index in [2.05, 4.69) is 30.9 Å². The second kappa shape index (κ2) is 13.6. The van der Waals surface area contributed by atoms with E-state index in [1.54, 1.807) is 0 Å². The first-order valence-electron chi connectivity index (χ1n) is 10.1. The number of nitrogens with two attached hydrogens (primary N) is 3. The molecule has 12 N–H and O–H groups in total. The highest BCUT2D eigenvalue weighted by Gasteiger charge is 2.30. The fourth-order valence-corrected chi connectivity index (χ4v) is 2.63. The van der Waals surface area contributed by atoms with E-state index in [1.807, 2.05) is 0 Å². The highest BCUT2D eigenvalue weighted by atomic mass is 16.4. The number of nitrogens with zero attached hydrogens (tertiary/aromatic N) is 2. The topological polar surface area (TPSA) is 264 Å². The van der Waals surface area contributed by atoms with Crippen LogP contribution in [0.1, 0.15) is 25.5 Å². The molecule has 0 aromatic carbocycles. The van der Waals surface area contributed by atoms with Gasteiger partial charge in [0.1, 0.15) is 18.1 Å². The van der Waals surface area contributed by atoms with Crippen LogP contribution < -0.4 is 33.2 Å². The molecule has 1 rings (SSSR count). The molecule has 0 spiro atoms. The summed E-state index contributed by atoms with van der Waals surface area (Å²) < 4.78 is 0. The Morgan fingerprint density at radius 2 is 1.70 bits per heavy atom. The average Bonchev–Trinajstić information content (AvgIpc) is 3.25. The largest absolute Gasteiger partial charge is 0.480 e. The lowest BCUT2D eigenvalue weighted by molar-refractivity contribution is -0.143. The number of hydrogen-bond acceptors (Lipinski definition) is 8. The smallest absolute Gasteiger partial charge is 0.328 e. The Hall–Kier alpha value is -3.72. The molecule has 0 saturated heterocycles. The number of aliphatic hydroxyl groups excluding tert-OH is 1. The van der Waals surface area contributed by atoms with E-state index in [0.29, 0.717) is 12.1 Å². The first-order valence-corrected chi connectivity index (χ1v) is 10.1. The normalized spacial score (nSPS) is 14.3. The van der Waals surface area contributed by atoms with Gasteiger partial charge in [-0.2, -0.15) is 0 Å². The highest BCUT2D eigenvalue weighted by molar-refractivity contribution is 5.94. The molecule has 0 bridgehead atoms. The number of H-pyrrole nitrogens is 1. The number of rotatable bonds is 14. The van der Waals surface area contributed by atoms with E-state index in [1.165, 1.54) is 19.4 Å². The van der Waals surface area contributed by atoms with Crippen LogP contribution in [0.15, 0.2) is 17.5 Å². The number of hydrogen-bond donors (Lipinski definition) is 9. The zero-order valence-electron chi connectivity index (χ0n) is 18.2. The van der Waals surface area contributed by atoms with Crippen molar-refractivity contribution < 1.29 is 29.4 Å². The van der Waals surface area contributed by atoms with Crippen LogP contribution in [0.25, 0.3) is 0 Å². The van der Waals surface area contributed by atoms with Crippen molar-refractivity contribution in [2.24, 2.45) is 22.2 Å². The zero-order chi connectivity index (χ0) is 25.0. The number of carbonyl (C=O) groups is 4. The molecule has 4 unspecified atom stereocenters. The van der Waals surface area contributed by atoms with Crippen molar-refractivity contribution in [1.82, 2.24) is 25.9 Å². The van der Waals surface area contributed by atoms with Crippen molar-refractivity contribution in [2.45, 2.75) is 50.4 Å². The predicted molar refractivity (Wildman–Crippen MR) is 116 cm³/mol. The molecule has 15 nitrogen and oxygen atoms in total. The standard InChI is InChI=1S/C18H31N9O6/c1-9(19)14(29)25-11(3-2-4-23-18(20)21)15(30)26-12(5-10-6-22-8-24-10)16(31)27-13(7-28)17(32)33/h6,8-9,11-13,28H,2-5,7,19H2,1H3,(H,22,24)(H,25,29)(H,26,30)(H,27,31)(H,32,33)(H4,20,21,23). The van der Waals surface area contributed by atoms with E-state index in [4.69, 9.17) is 22.3 Å². The fraction of sp³-hybridized carbons (Fsp3) is 0.556. The van der Waals surface area contributed by atoms with Crippen LogP contribution >= 0.6 is 0 Å². The second-order valence-electron chi connectivity index (χ2n) is 7.22. The quantitative estimate of drug-likeness (QED) is 0.0721. The summed E-state index contributed by atoms with van der Waals surface area (Å²) in [6.07, 6.45) is 3.20. The van der Waals surface area contributed by atoms with Crippen LogP contribution in [0.2, 0.25) is 0 Å². The summed E-state index contributed by atoms with van der Waals surface area (Å²) in [5, 5.41) is 25.4. The van der Waals surface area contributed by atoms with Crippen molar-refractivity contribution in [3.8, 4) is 0 Å². The molecule has 3 amide bonds. The Morgan fingerprint density at radius 3 is 2.21 bits per heavy atom. The van der Waals surface area contributed by atoms with Gasteiger partial charge in [0, 0.05) is 24.9 Å². The van der Waals surface area contributed by atoms with E-state index in [9.17, 15) is 24.3 Å². The van der Waals surface area contributed by atoms with Crippen molar-refractivity contribution in [1.29, 1.82) is 0 Å². The molecule has 0 aliphatic heterocycles. The number of guanidine groups is 1. The Balaban J connectivity index is 3.00. The third kappa shape index (κ3) is 9.96. The molecule has 0 radical (unpaired) electrons. The Bertz CT molecular complexity index is 823. The molecule has 15 heteroatoms. The highest BCUT2D eigenvalue weighted by Crippen LogP contribution is 2.04. The molecule has 0 saturated carbocycles. The fourth-order valence-electron chi connectivity index (χ4n) is 2.63. The number of imidazole rings is 1. The van der Waals surface area contributed by atoms with Gasteiger partial charge in [-0.15, -0.1) is 0 Å². The number of carbonyl (C=O) groups excluding carboxylic acids is 3. The first kappa shape index (κ1) is 27.3. The van der Waals surface area contributed by atoms with Gasteiger partial charge in [0.25, 0.3) is 0 Å². The maximum Gasteiger partial charge on any atom is 0.328 e. The van der Waals surface area contributed by atoms with Crippen LogP contribution in [0.5, 0.6) is 0 Å². The minimum absolute atomic E-state index is 0.0582. The van der Waals surface area contributed by atoms with E-state index >= 15 is 0 Å². The van der Waals surface area contributed by atoms with E-state index in [-0.39, 0.29) is 25.3 Å². The number of aliphatic carboxylic acids is 1. The van der Waals surface area contributed by atoms with E-state index in [0.717, 1.165) is 0 Å². The monoisotopic (exact) mass is 469 g/mol. The van der Waals surface area contributed by atoms with Gasteiger partial charge in [-0.05, 0) is 19.8 Å². The average molecular weight is 470 g/mol. The van der Waals surface area contributed by atoms with E-state index < -0.39 is 54.5 Å². The predicted octanol–water partition coefficient (Wildman–Crippen LogP) is -4.12. The number of aromatic nitrogens is 2. The lowest BCUT2D eigenvalue weighted by Gasteiger charge is -2.24. The van der Waals surface area contributed by atoms with Gasteiger partial charge < -0.3 is 48.3 Å². The van der Waals surface area contributed by atoms with Crippen LogP contribution in [0, 0.1) is 0 Å². The zero-order valence-corrected chi connectivity index (χ0v) is 18.2. The molecule has 0 aliphatic carbocycles. The summed E-state index contributed by atoms with van der Waals surface area (Å²) in [6.45, 7) is 0.803. The number of aromatic amines is 1. The van der Waals surface area contributed by atoms with Crippen molar-refractivity contribution in [3.63, 3.8) is 0 Å². The number of aliphatic imine (C=N–C) groups is 1. The van der Waals surface area contributed by atoms with Gasteiger partial charge in [0.15, 0.2) is 5.96 Å². The molecular weight excluding hydrogens is 438 g/mol. The Morgan fingerprint density at radius 1 is 1.09 bits per heavy atom. The van der Waals surface area contributed by atoms with Crippen molar-refractivity contribution in [3.05, 3.63) is 18.2 Å². The summed E-state index contributed by atoms with van der Waals surface area (Å²) in [5.74, 6) is -3.71. The molecule has 0 fully saturated rings. The minimum atomic E-state index is -1.56. The van der Waals surface area contributed by atoms with Crippen molar-refractivity contribution in [2.75, 3.05) is 13.2 Å². The molecule has 184 valence electrons. The van der Waals surface area contributed by atoms with Gasteiger partial charge in [-0.3, -0.25) is 19.4 Å². The molecule has 1 aromatic heterocycles. The maximum absolute atomic E-state index is 12.9. The summed E-state index contributed by atoms with van der Waals surface area (Å²) in [7, 11) is 0. The molecule has 4 atom stereocenters. The third-order valence-corrected chi connectivity index (χ3v) is 4.40. The summed E-state index contributed by atoms with van der Waals surface area (Å²) >= 11 is 0. The van der Waals surface area contributed by atoms with Crippen LogP contribution in [0.4, 0.5) is 0 Å². The van der Waals surface area contributed by atoms with Gasteiger partial charge in [-0.25, -0.2) is 9.78 Å². The lowest BCUT2D eigenvalue weighted by atomic mass is 10.1. The summed E-state index contributed by atoms with van der Waals surface area (Å²) in [6, 6.07) is -4.75. The van der Waals surface area contributed by atoms with Gasteiger partial charge in [0.05, 0.1) is 19.0 Å². The minimum Gasteiger partial charge on any atom is -0.480 e. The number of carboxylic acid groups (broad SMARTS) is 1. The Labute approximate surface area is 189 Å². The number of carboxylic acids is 1. The number of amides is 3. The third-order valence-electron chi connectivity index (χ3n) is 4.40. The van der Waals surface area contributed by atoms with Crippen LogP contribution in [0.3, 0.4) is 0 Å². The summed E-state index contributed by atoms with van der Waals surface area (Å²) in [5.41, 5.74) is 16.6. The van der Waals surface area contributed by atoms with Crippen LogP contribution in [-0.2, 0) is 25.6 Å². The van der Waals surface area contributed by atoms with Crippen LogP contribution in [-0.4, -0.2) is 87.2 Å². The summed E-state index contributed by atoms with van der Waals surface area (Å²) in [4.78, 5) is 59.3. The molecule has 33 heavy (non-hydrogen) atoms.